The Kier molecular flexibility index (Phi) is 10.7. The molecule has 4 rings (SSSR count). The van der Waals surface area contributed by atoms with Crippen LogP contribution in [0.15, 0.2) is 54.1 Å². The van der Waals surface area contributed by atoms with Gasteiger partial charge in [0, 0.05) is 11.8 Å². The van der Waals surface area contributed by atoms with Crippen molar-refractivity contribution in [2.24, 2.45) is 0 Å². The van der Waals surface area contributed by atoms with Gasteiger partial charge in [0.2, 0.25) is 0 Å². The number of imide groups is 2. The first-order valence-electron chi connectivity index (χ1n) is 14.2. The van der Waals surface area contributed by atoms with Gasteiger partial charge in [-0.05, 0) is 80.3 Å². The first-order valence-corrected chi connectivity index (χ1v) is 14.6. The molecule has 1 heterocycles. The van der Waals surface area contributed by atoms with Crippen LogP contribution in [-0.4, -0.2) is 50.7 Å². The molecule has 3 aromatic rings. The highest BCUT2D eigenvalue weighted by atomic mass is 35.5. The van der Waals surface area contributed by atoms with Crippen molar-refractivity contribution >= 4 is 52.8 Å². The lowest BCUT2D eigenvalue weighted by Crippen LogP contribution is -2.54. The van der Waals surface area contributed by atoms with E-state index in [0.717, 1.165) is 22.4 Å². The van der Waals surface area contributed by atoms with E-state index in [1.54, 1.807) is 13.0 Å². The van der Waals surface area contributed by atoms with E-state index in [1.165, 1.54) is 37.5 Å². The fourth-order valence-electron chi connectivity index (χ4n) is 4.45. The lowest BCUT2D eigenvalue weighted by molar-refractivity contribution is -0.122. The Morgan fingerprint density at radius 3 is 2.44 bits per heavy atom. The average molecular weight is 636 g/mol. The number of carbonyl (C=O) groups excluding carboxylic acids is 4. The Bertz CT molecular complexity index is 1670. The highest BCUT2D eigenvalue weighted by Crippen LogP contribution is 2.38. The van der Waals surface area contributed by atoms with Gasteiger partial charge in [-0.3, -0.25) is 19.7 Å². The number of carbonyl (C=O) groups is 4. The summed E-state index contributed by atoms with van der Waals surface area (Å²) in [6.07, 6.45) is 2.06. The average Bonchev–Trinajstić information content (AvgIpc) is 3.00. The fourth-order valence-corrected chi connectivity index (χ4v) is 4.73. The van der Waals surface area contributed by atoms with Gasteiger partial charge < -0.3 is 24.3 Å². The van der Waals surface area contributed by atoms with Gasteiger partial charge in [-0.1, -0.05) is 30.7 Å². The number of barbiturate groups is 1. The molecular weight excluding hydrogens is 602 g/mol. The number of urea groups is 1. The van der Waals surface area contributed by atoms with Crippen LogP contribution >= 0.6 is 11.6 Å². The number of nitrogens with zero attached hydrogens (tertiary/aromatic N) is 1. The fraction of sp³-hybridized carbons (Fsp3) is 0.273. The normalized spacial score (nSPS) is 13.9. The van der Waals surface area contributed by atoms with Crippen LogP contribution in [0.2, 0.25) is 5.02 Å². The molecule has 0 unspecified atom stereocenters. The number of nitrogens with one attached hydrogen (secondary N) is 2. The summed E-state index contributed by atoms with van der Waals surface area (Å²) in [5, 5.41) is 5.08. The summed E-state index contributed by atoms with van der Waals surface area (Å²) in [5.41, 5.74) is 2.74. The molecular formula is C33H34ClN3O8. The zero-order valence-electron chi connectivity index (χ0n) is 25.6. The second kappa shape index (κ2) is 14.6. The number of halogens is 1. The number of anilines is 2. The first-order chi connectivity index (χ1) is 21.6. The van der Waals surface area contributed by atoms with Crippen LogP contribution in [0.3, 0.4) is 0 Å². The van der Waals surface area contributed by atoms with Crippen LogP contribution in [0, 0.1) is 13.8 Å². The Morgan fingerprint density at radius 2 is 1.73 bits per heavy atom. The Labute approximate surface area is 266 Å². The monoisotopic (exact) mass is 635 g/mol. The molecule has 45 heavy (non-hydrogen) atoms. The van der Waals surface area contributed by atoms with Crippen molar-refractivity contribution in [1.29, 1.82) is 0 Å². The smallest absolute Gasteiger partial charge is 0.335 e. The maximum atomic E-state index is 13.5. The molecule has 1 saturated heterocycles. The van der Waals surface area contributed by atoms with Crippen LogP contribution in [-0.2, 0) is 14.4 Å². The molecule has 0 spiro atoms. The molecule has 0 aliphatic carbocycles. The van der Waals surface area contributed by atoms with E-state index >= 15 is 0 Å². The summed E-state index contributed by atoms with van der Waals surface area (Å²) in [7, 11) is 1.38. The number of aryl methyl sites for hydroxylation is 2. The van der Waals surface area contributed by atoms with Crippen molar-refractivity contribution < 1.29 is 38.1 Å². The number of rotatable bonds is 12. The number of hydrogen-bond acceptors (Lipinski definition) is 8. The molecule has 0 bridgehead atoms. The van der Waals surface area contributed by atoms with E-state index in [1.807, 2.05) is 39.0 Å². The van der Waals surface area contributed by atoms with E-state index in [-0.39, 0.29) is 34.4 Å². The quantitative estimate of drug-likeness (QED) is 0.187. The zero-order chi connectivity index (χ0) is 32.7. The van der Waals surface area contributed by atoms with Crippen LogP contribution in [0.25, 0.3) is 6.08 Å². The van der Waals surface area contributed by atoms with Gasteiger partial charge in [0.15, 0.2) is 29.6 Å². The van der Waals surface area contributed by atoms with Crippen molar-refractivity contribution in [3.63, 3.8) is 0 Å². The Balaban J connectivity index is 1.57. The molecule has 1 aliphatic heterocycles. The third-order valence-electron chi connectivity index (χ3n) is 6.63. The maximum absolute atomic E-state index is 13.5. The van der Waals surface area contributed by atoms with E-state index in [2.05, 4.69) is 10.6 Å². The number of hydrogen-bond donors (Lipinski definition) is 2. The summed E-state index contributed by atoms with van der Waals surface area (Å²) in [4.78, 5) is 52.6. The molecule has 0 radical (unpaired) electrons. The minimum atomic E-state index is -0.912. The predicted octanol–water partition coefficient (Wildman–Crippen LogP) is 5.84. The number of ether oxygens (including phenoxy) is 4. The lowest BCUT2D eigenvalue weighted by Gasteiger charge is -2.27. The number of benzene rings is 3. The molecule has 1 aliphatic rings. The molecule has 12 heteroatoms. The Hall–Kier alpha value is -5.03. The van der Waals surface area contributed by atoms with Gasteiger partial charge in [0.1, 0.15) is 5.57 Å². The summed E-state index contributed by atoms with van der Waals surface area (Å²) in [5.74, 6) is -1.07. The van der Waals surface area contributed by atoms with Crippen LogP contribution in [0.4, 0.5) is 16.2 Å². The topological polar surface area (TPSA) is 132 Å². The maximum Gasteiger partial charge on any atom is 0.335 e. The van der Waals surface area contributed by atoms with Crippen molar-refractivity contribution in [2.75, 3.05) is 37.1 Å². The van der Waals surface area contributed by atoms with E-state index < -0.39 is 23.8 Å². The number of methoxy groups -OCH3 is 1. The minimum Gasteiger partial charge on any atom is -0.493 e. The summed E-state index contributed by atoms with van der Waals surface area (Å²) >= 11 is 6.50. The van der Waals surface area contributed by atoms with Crippen molar-refractivity contribution in [3.05, 3.63) is 75.8 Å². The number of amides is 5. The van der Waals surface area contributed by atoms with E-state index in [4.69, 9.17) is 30.5 Å². The lowest BCUT2D eigenvalue weighted by atomic mass is 10.1. The molecule has 5 amide bonds. The van der Waals surface area contributed by atoms with Crippen LogP contribution in [0.1, 0.15) is 37.0 Å². The second-order valence-electron chi connectivity index (χ2n) is 10.1. The summed E-state index contributed by atoms with van der Waals surface area (Å²) in [6.45, 7) is 8.00. The Morgan fingerprint density at radius 1 is 0.956 bits per heavy atom. The molecule has 0 atom stereocenters. The molecule has 3 aromatic carbocycles. The predicted molar refractivity (Wildman–Crippen MR) is 170 cm³/mol. The standard InChI is InChI=1S/C33H34ClN3O8/c1-6-12-44-26-11-10-22(17-27(26)43-7-2)37-32(40)23(31(39)36-33(37)41)14-21-15-24(34)30(28(16-21)42-5)45-18-29(38)35-25-13-19(3)8-9-20(25)4/h8-11,13-17H,6-7,12,18H2,1-5H3,(H,35,38)(H,36,39,41)/b23-14+. The summed E-state index contributed by atoms with van der Waals surface area (Å²) in [6, 6.07) is 12.4. The van der Waals surface area contributed by atoms with Crippen molar-refractivity contribution in [2.45, 2.75) is 34.1 Å². The first kappa shape index (κ1) is 32.9. The zero-order valence-corrected chi connectivity index (χ0v) is 26.4. The molecule has 0 aromatic heterocycles. The van der Waals surface area contributed by atoms with Crippen molar-refractivity contribution in [3.8, 4) is 23.0 Å². The SMILES string of the molecule is CCCOc1ccc(N2C(=O)NC(=O)/C(=C\c3cc(Cl)c(OCC(=O)Nc4cc(C)ccc4C)c(OC)c3)C2=O)cc1OCC. The van der Waals surface area contributed by atoms with Crippen molar-refractivity contribution in [1.82, 2.24) is 5.32 Å². The minimum absolute atomic E-state index is 0.0707. The van der Waals surface area contributed by atoms with Gasteiger partial charge in [-0.15, -0.1) is 0 Å². The third kappa shape index (κ3) is 7.74. The molecule has 236 valence electrons. The van der Waals surface area contributed by atoms with Gasteiger partial charge in [0.05, 0.1) is 31.0 Å². The molecule has 11 nitrogen and oxygen atoms in total. The molecule has 0 saturated carbocycles. The third-order valence-corrected chi connectivity index (χ3v) is 6.91. The largest absolute Gasteiger partial charge is 0.493 e. The van der Waals surface area contributed by atoms with E-state index in [0.29, 0.717) is 36.0 Å². The summed E-state index contributed by atoms with van der Waals surface area (Å²) < 4.78 is 22.5. The highest BCUT2D eigenvalue weighted by Gasteiger charge is 2.37. The van der Waals surface area contributed by atoms with Gasteiger partial charge in [-0.2, -0.15) is 0 Å². The molecule has 2 N–H and O–H groups in total. The van der Waals surface area contributed by atoms with E-state index in [9.17, 15) is 19.2 Å². The van der Waals surface area contributed by atoms with Crippen LogP contribution < -0.4 is 34.5 Å². The highest BCUT2D eigenvalue weighted by molar-refractivity contribution is 6.39. The van der Waals surface area contributed by atoms with Gasteiger partial charge in [0.25, 0.3) is 17.7 Å². The van der Waals surface area contributed by atoms with Crippen LogP contribution in [0.5, 0.6) is 23.0 Å². The molecule has 1 fully saturated rings. The second-order valence-corrected chi connectivity index (χ2v) is 10.5. The van der Waals surface area contributed by atoms with Gasteiger partial charge >= 0.3 is 6.03 Å². The van der Waals surface area contributed by atoms with Gasteiger partial charge in [-0.25, -0.2) is 9.69 Å².